The minimum absolute atomic E-state index is 0.0592. The first-order chi connectivity index (χ1) is 13.6. The van der Waals surface area contributed by atoms with Crippen molar-refractivity contribution in [2.24, 2.45) is 0 Å². The number of benzene rings is 2. The number of amides is 1. The zero-order valence-electron chi connectivity index (χ0n) is 14.4. The molecule has 1 aliphatic rings. The van der Waals surface area contributed by atoms with Gasteiger partial charge < -0.3 is 14.5 Å². The number of nitrogens with one attached hydrogen (secondary N) is 1. The summed E-state index contributed by atoms with van der Waals surface area (Å²) < 4.78 is 10.7. The van der Waals surface area contributed by atoms with Crippen LogP contribution in [0.2, 0.25) is 5.02 Å². The van der Waals surface area contributed by atoms with Crippen LogP contribution in [0.25, 0.3) is 11.5 Å². The number of esters is 1. The lowest BCUT2D eigenvalue weighted by Crippen LogP contribution is -2.31. The van der Waals surface area contributed by atoms with Crippen LogP contribution in [0.1, 0.15) is 12.3 Å². The highest BCUT2D eigenvalue weighted by Crippen LogP contribution is 2.36. The molecule has 0 saturated heterocycles. The van der Waals surface area contributed by atoms with E-state index in [2.05, 4.69) is 15.5 Å². The maximum atomic E-state index is 12.2. The van der Waals surface area contributed by atoms with Gasteiger partial charge in [0.15, 0.2) is 6.61 Å². The monoisotopic (exact) mass is 415 g/mol. The predicted molar refractivity (Wildman–Crippen MR) is 104 cm³/mol. The van der Waals surface area contributed by atoms with E-state index in [-0.39, 0.29) is 30.7 Å². The molecular formula is C19H14ClN3O4S. The zero-order valence-corrected chi connectivity index (χ0v) is 16.0. The largest absolute Gasteiger partial charge is 0.456 e. The first-order valence-electron chi connectivity index (χ1n) is 8.39. The summed E-state index contributed by atoms with van der Waals surface area (Å²) in [5.41, 5.74) is 1.35. The second-order valence-corrected chi connectivity index (χ2v) is 7.59. The fourth-order valence-corrected chi connectivity index (χ4v) is 3.95. The van der Waals surface area contributed by atoms with E-state index in [1.54, 1.807) is 24.3 Å². The van der Waals surface area contributed by atoms with Gasteiger partial charge in [-0.2, -0.15) is 0 Å². The molecule has 0 aliphatic carbocycles. The average molecular weight is 416 g/mol. The lowest BCUT2D eigenvalue weighted by atomic mass is 10.2. The number of aromatic nitrogens is 2. The van der Waals surface area contributed by atoms with Crippen LogP contribution in [-0.4, -0.2) is 27.3 Å². The maximum Gasteiger partial charge on any atom is 0.307 e. The third-order valence-electron chi connectivity index (χ3n) is 3.99. The van der Waals surface area contributed by atoms with Crippen molar-refractivity contribution in [3.8, 4) is 11.5 Å². The summed E-state index contributed by atoms with van der Waals surface area (Å²) in [4.78, 5) is 25.2. The molecule has 0 fully saturated rings. The molecule has 1 amide bonds. The first kappa shape index (κ1) is 18.5. The van der Waals surface area contributed by atoms with Gasteiger partial charge in [-0.1, -0.05) is 35.9 Å². The Kier molecular flexibility index (Phi) is 5.31. The van der Waals surface area contributed by atoms with E-state index in [9.17, 15) is 9.59 Å². The van der Waals surface area contributed by atoms with Crippen LogP contribution >= 0.6 is 23.4 Å². The van der Waals surface area contributed by atoms with Crippen molar-refractivity contribution in [1.82, 2.24) is 10.2 Å². The molecule has 2 aromatic carbocycles. The molecule has 1 atom stereocenters. The van der Waals surface area contributed by atoms with Gasteiger partial charge in [0.05, 0.1) is 27.9 Å². The topological polar surface area (TPSA) is 94.3 Å². The van der Waals surface area contributed by atoms with Crippen LogP contribution in [0.15, 0.2) is 57.8 Å². The molecule has 28 heavy (non-hydrogen) atoms. The molecule has 0 bridgehead atoms. The highest BCUT2D eigenvalue weighted by Gasteiger charge is 2.29. The summed E-state index contributed by atoms with van der Waals surface area (Å²) in [5.74, 6) is -0.353. The van der Waals surface area contributed by atoms with Gasteiger partial charge in [0.2, 0.25) is 11.8 Å². The van der Waals surface area contributed by atoms with Crippen LogP contribution < -0.4 is 5.32 Å². The van der Waals surface area contributed by atoms with Gasteiger partial charge in [0, 0.05) is 4.90 Å². The van der Waals surface area contributed by atoms with E-state index >= 15 is 0 Å². The number of carbonyl (C=O) groups excluding carboxylic acids is 2. The Morgan fingerprint density at radius 3 is 2.82 bits per heavy atom. The van der Waals surface area contributed by atoms with Crippen molar-refractivity contribution in [2.45, 2.75) is 23.2 Å². The minimum atomic E-state index is -0.552. The third-order valence-corrected chi connectivity index (χ3v) is 5.59. The van der Waals surface area contributed by atoms with Gasteiger partial charge in [-0.15, -0.1) is 22.0 Å². The van der Waals surface area contributed by atoms with Gasteiger partial charge >= 0.3 is 5.97 Å². The molecular weight excluding hydrogens is 402 g/mol. The average Bonchev–Trinajstić information content (AvgIpc) is 3.16. The fraction of sp³-hybridized carbons (Fsp3) is 0.158. The van der Waals surface area contributed by atoms with Crippen LogP contribution in [-0.2, 0) is 20.9 Å². The Labute approximate surface area is 169 Å². The van der Waals surface area contributed by atoms with E-state index in [0.717, 1.165) is 10.6 Å². The van der Waals surface area contributed by atoms with Gasteiger partial charge in [-0.3, -0.25) is 9.59 Å². The third kappa shape index (κ3) is 4.02. The number of fused-ring (bicyclic) bond motifs is 1. The van der Waals surface area contributed by atoms with Crippen LogP contribution in [0.4, 0.5) is 5.69 Å². The number of ether oxygens (including phenoxy) is 1. The lowest BCUT2D eigenvalue weighted by molar-refractivity contribution is -0.146. The number of carbonyl (C=O) groups is 2. The second kappa shape index (κ2) is 8.04. The number of para-hydroxylation sites is 1. The van der Waals surface area contributed by atoms with E-state index < -0.39 is 11.2 Å². The number of rotatable bonds is 5. The molecule has 0 saturated carbocycles. The zero-order chi connectivity index (χ0) is 19.5. The van der Waals surface area contributed by atoms with Crippen molar-refractivity contribution in [1.29, 1.82) is 0 Å². The van der Waals surface area contributed by atoms with E-state index in [1.165, 1.54) is 11.8 Å². The quantitative estimate of drug-likeness (QED) is 0.630. The van der Waals surface area contributed by atoms with Crippen molar-refractivity contribution >= 4 is 40.9 Å². The van der Waals surface area contributed by atoms with E-state index in [4.69, 9.17) is 20.8 Å². The molecule has 0 radical (unpaired) electrons. The molecule has 0 spiro atoms. The number of hydrogen-bond acceptors (Lipinski definition) is 7. The summed E-state index contributed by atoms with van der Waals surface area (Å²) >= 11 is 7.44. The molecule has 1 N–H and O–H groups in total. The highest BCUT2D eigenvalue weighted by atomic mass is 35.5. The molecule has 9 heteroatoms. The fourth-order valence-electron chi connectivity index (χ4n) is 2.64. The van der Waals surface area contributed by atoms with Crippen LogP contribution in [0.5, 0.6) is 0 Å². The minimum Gasteiger partial charge on any atom is -0.456 e. The van der Waals surface area contributed by atoms with Crippen molar-refractivity contribution in [2.75, 3.05) is 5.32 Å². The highest BCUT2D eigenvalue weighted by molar-refractivity contribution is 8.01. The normalized spacial score (nSPS) is 15.6. The van der Waals surface area contributed by atoms with Crippen LogP contribution in [0.3, 0.4) is 0 Å². The molecule has 1 aliphatic heterocycles. The summed E-state index contributed by atoms with van der Waals surface area (Å²) in [5, 5.41) is 10.5. The number of hydrogen-bond donors (Lipinski definition) is 1. The maximum absolute atomic E-state index is 12.2. The molecule has 142 valence electrons. The SMILES string of the molecule is O=C(C[C@@H]1Sc2ccccc2NC1=O)OCc1nnc(-c2ccccc2Cl)o1. The molecule has 0 unspecified atom stereocenters. The summed E-state index contributed by atoms with van der Waals surface area (Å²) in [6.07, 6.45) is -0.0592. The number of anilines is 1. The van der Waals surface area contributed by atoms with Gasteiger partial charge in [0.25, 0.3) is 5.89 Å². The summed E-state index contributed by atoms with van der Waals surface area (Å²) in [6, 6.07) is 14.5. The Bertz CT molecular complexity index is 1040. The number of thioether (sulfide) groups is 1. The van der Waals surface area contributed by atoms with E-state index in [0.29, 0.717) is 10.6 Å². The van der Waals surface area contributed by atoms with Crippen molar-refractivity contribution < 1.29 is 18.7 Å². The Morgan fingerprint density at radius 2 is 1.96 bits per heavy atom. The van der Waals surface area contributed by atoms with Gasteiger partial charge in [0.1, 0.15) is 0 Å². The van der Waals surface area contributed by atoms with Crippen molar-refractivity contribution in [3.63, 3.8) is 0 Å². The summed E-state index contributed by atoms with van der Waals surface area (Å²) in [7, 11) is 0. The smallest absolute Gasteiger partial charge is 0.307 e. The standard InChI is InChI=1S/C19H14ClN3O4S/c20-12-6-2-1-5-11(12)19-23-22-16(27-19)10-26-17(24)9-15-18(25)21-13-7-3-4-8-14(13)28-15/h1-8,15H,9-10H2,(H,21,25)/t15-/m0/s1. The van der Waals surface area contributed by atoms with Gasteiger partial charge in [-0.05, 0) is 24.3 Å². The first-order valence-corrected chi connectivity index (χ1v) is 9.65. The number of halogens is 1. The Morgan fingerprint density at radius 1 is 1.18 bits per heavy atom. The van der Waals surface area contributed by atoms with Crippen molar-refractivity contribution in [3.05, 3.63) is 59.4 Å². The molecule has 7 nitrogen and oxygen atoms in total. The van der Waals surface area contributed by atoms with E-state index in [1.807, 2.05) is 24.3 Å². The van der Waals surface area contributed by atoms with Gasteiger partial charge in [-0.25, -0.2) is 0 Å². The predicted octanol–water partition coefficient (Wildman–Crippen LogP) is 3.94. The Hall–Kier alpha value is -2.84. The molecule has 2 heterocycles. The molecule has 3 aromatic rings. The summed E-state index contributed by atoms with van der Waals surface area (Å²) in [6.45, 7) is -0.175. The number of nitrogens with zero attached hydrogens (tertiary/aromatic N) is 2. The van der Waals surface area contributed by atoms with Crippen LogP contribution in [0, 0.1) is 0 Å². The molecule has 1 aromatic heterocycles. The second-order valence-electron chi connectivity index (χ2n) is 5.94. The Balaban J connectivity index is 1.34. The lowest BCUT2D eigenvalue weighted by Gasteiger charge is -2.23. The molecule has 4 rings (SSSR count).